The average molecular weight is 1280 g/mol. The zero-order chi connectivity index (χ0) is 63.5. The van der Waals surface area contributed by atoms with E-state index in [1.54, 1.807) is 19.2 Å². The van der Waals surface area contributed by atoms with E-state index >= 15 is 0 Å². The van der Waals surface area contributed by atoms with E-state index in [2.05, 4.69) is 89.2 Å². The van der Waals surface area contributed by atoms with Crippen LogP contribution in [0.15, 0.2) is 97.1 Å². The van der Waals surface area contributed by atoms with Gasteiger partial charge in [-0.05, 0) is 194 Å². The Labute approximate surface area is 536 Å². The molecule has 9 heterocycles. The summed E-state index contributed by atoms with van der Waals surface area (Å²) in [7, 11) is 1.70. The van der Waals surface area contributed by atoms with Gasteiger partial charge in [0.1, 0.15) is 30.0 Å². The van der Waals surface area contributed by atoms with Crippen molar-refractivity contribution in [1.29, 1.82) is 0 Å². The summed E-state index contributed by atoms with van der Waals surface area (Å²) in [5, 5.41) is 11.5. The van der Waals surface area contributed by atoms with Crippen molar-refractivity contribution >= 4 is 111 Å². The Bertz CT molecular complexity index is 3980. The summed E-state index contributed by atoms with van der Waals surface area (Å²) in [5.74, 6) is 0.373. The number of nitrogens with zero attached hydrogens (tertiary/aromatic N) is 6. The summed E-state index contributed by atoms with van der Waals surface area (Å²) in [6.07, 6.45) is 7.98. The van der Waals surface area contributed by atoms with Gasteiger partial charge in [0.15, 0.2) is 0 Å². The van der Waals surface area contributed by atoms with E-state index in [1.807, 2.05) is 62.9 Å². The number of aryl methyl sites for hydroxylation is 4. The van der Waals surface area contributed by atoms with Crippen molar-refractivity contribution in [3.63, 3.8) is 0 Å². The fraction of sp³-hybridized carbons (Fsp3) is 0.391. The molecule has 21 heteroatoms. The number of amides is 3. The van der Waals surface area contributed by atoms with Gasteiger partial charge in [-0.1, -0.05) is 24.3 Å². The van der Waals surface area contributed by atoms with Gasteiger partial charge >= 0.3 is 6.18 Å². The highest BCUT2D eigenvalue weighted by molar-refractivity contribution is 7.21. The summed E-state index contributed by atoms with van der Waals surface area (Å²) >= 11 is 4.03. The van der Waals surface area contributed by atoms with Gasteiger partial charge in [0.25, 0.3) is 17.7 Å². The minimum Gasteiger partial charge on any atom is -0.496 e. The van der Waals surface area contributed by atoms with Crippen molar-refractivity contribution in [2.45, 2.75) is 111 Å². The molecule has 7 N–H and O–H groups in total. The molecule has 3 aliphatic rings. The molecule has 6 aromatic heterocycles. The largest absolute Gasteiger partial charge is 0.496 e. The first-order valence-corrected chi connectivity index (χ1v) is 33.6. The maximum Gasteiger partial charge on any atom is 0.418 e. The summed E-state index contributed by atoms with van der Waals surface area (Å²) in [6.45, 7) is 14.9. The van der Waals surface area contributed by atoms with E-state index in [9.17, 15) is 27.6 Å². The maximum absolute atomic E-state index is 13.7. The van der Waals surface area contributed by atoms with Gasteiger partial charge in [-0.15, -0.1) is 34.0 Å². The molecule has 3 amide bonds. The fourth-order valence-electron chi connectivity index (χ4n) is 11.8. The molecule has 3 fully saturated rings. The van der Waals surface area contributed by atoms with Gasteiger partial charge in [-0.2, -0.15) is 13.2 Å². The molecule has 0 bridgehead atoms. The third-order valence-electron chi connectivity index (χ3n) is 16.8. The topological polar surface area (TPSA) is 197 Å². The number of piperidine rings is 3. The fourth-order valence-corrected chi connectivity index (χ4v) is 15.1. The lowest BCUT2D eigenvalue weighted by Crippen LogP contribution is -2.31. The highest BCUT2D eigenvalue weighted by Gasteiger charge is 2.35. The molecule has 90 heavy (non-hydrogen) atoms. The summed E-state index contributed by atoms with van der Waals surface area (Å²) in [5.41, 5.74) is 21.9. The number of carbonyl (C=O) groups excluding carboxylic acids is 3. The van der Waals surface area contributed by atoms with Crippen LogP contribution < -0.4 is 46.9 Å². The van der Waals surface area contributed by atoms with Crippen LogP contribution in [0.3, 0.4) is 0 Å². The van der Waals surface area contributed by atoms with Crippen LogP contribution in [0.2, 0.25) is 0 Å². The number of alkyl halides is 3. The maximum atomic E-state index is 13.7. The van der Waals surface area contributed by atoms with Crippen LogP contribution in [0.25, 0.3) is 30.6 Å². The first-order chi connectivity index (χ1) is 43.4. The molecule has 3 aromatic carbocycles. The van der Waals surface area contributed by atoms with E-state index < -0.39 is 11.7 Å². The normalized spacial score (nSPS) is 14.4. The number of benzene rings is 3. The quantitative estimate of drug-likeness (QED) is 0.0615. The number of rotatable bonds is 16. The van der Waals surface area contributed by atoms with Crippen LogP contribution in [0.5, 0.6) is 5.75 Å². The van der Waals surface area contributed by atoms with Gasteiger partial charge in [0.05, 0.1) is 28.9 Å². The molecular weight excluding hydrogens is 1200 g/mol. The van der Waals surface area contributed by atoms with Crippen LogP contribution >= 0.6 is 34.0 Å². The molecule has 15 nitrogen and oxygen atoms in total. The summed E-state index contributed by atoms with van der Waals surface area (Å²) < 4.78 is 46.8. The summed E-state index contributed by atoms with van der Waals surface area (Å²) in [6, 6.07) is 31.2. The van der Waals surface area contributed by atoms with E-state index in [0.29, 0.717) is 64.1 Å². The number of methoxy groups -OCH3 is 1. The Balaban J connectivity index is 0.000000149. The van der Waals surface area contributed by atoms with E-state index in [4.69, 9.17) is 16.2 Å². The van der Waals surface area contributed by atoms with Gasteiger partial charge in [0, 0.05) is 115 Å². The first kappa shape index (κ1) is 65.0. The van der Waals surface area contributed by atoms with Crippen LogP contribution in [0, 0.1) is 27.7 Å². The lowest BCUT2D eigenvalue weighted by molar-refractivity contribution is -0.137. The molecule has 0 unspecified atom stereocenters. The Morgan fingerprint density at radius 3 is 1.43 bits per heavy atom. The van der Waals surface area contributed by atoms with Crippen molar-refractivity contribution in [3.05, 3.63) is 157 Å². The minimum atomic E-state index is -4.43. The standard InChI is InChI=1S/C23H25F3N4OS.C23H28N4O2S.C23H27N3OS/c1-14-5-7-16-19(27)20(32-22(16)29-14)21(31)28-10-9-15-6-8-18(17(13-15)23(24,25)26)30-11-3-2-4-12-30;1-15-6-9-18-20(24)21(30-23(18)26-15)22(28)25-11-10-16-7-8-17(14-19(16)29-2)27-12-4-3-5-13-27;1-16-6-11-20-17(2)21(28-23(20)25-16)22(27)24-13-12-18-7-9-19(10-8-18)26-14-4-3-5-15-26/h5-8,13H,2-4,9-12,27H2,1H3,(H,28,31);6-9,14H,3-5,10-13,24H2,1-2H3,(H,25,28);6-11H,3-5,12-15H2,1-2H3,(H,24,27). The van der Waals surface area contributed by atoms with Crippen molar-refractivity contribution in [2.24, 2.45) is 0 Å². The predicted molar refractivity (Wildman–Crippen MR) is 364 cm³/mol. The van der Waals surface area contributed by atoms with Crippen LogP contribution in [0.4, 0.5) is 41.6 Å². The van der Waals surface area contributed by atoms with Gasteiger partial charge < -0.3 is 46.9 Å². The summed E-state index contributed by atoms with van der Waals surface area (Å²) in [4.78, 5) is 62.1. The van der Waals surface area contributed by atoms with Crippen LogP contribution in [0.1, 0.15) is 132 Å². The number of hydrogen-bond acceptors (Lipinski definition) is 15. The molecule has 12 rings (SSSR count). The Morgan fingerprint density at radius 1 is 0.500 bits per heavy atom. The second-order valence-electron chi connectivity index (χ2n) is 23.3. The monoisotopic (exact) mass is 1280 g/mol. The zero-order valence-corrected chi connectivity index (χ0v) is 54.4. The number of nitrogen functional groups attached to an aromatic ring is 2. The highest BCUT2D eigenvalue weighted by atomic mass is 32.1. The number of nitrogens with two attached hydrogens (primary N) is 2. The molecule has 474 valence electrons. The number of anilines is 5. The Kier molecular flexibility index (Phi) is 21.5. The number of aromatic nitrogens is 3. The third-order valence-corrected chi connectivity index (χ3v) is 20.2. The number of halogens is 3. The van der Waals surface area contributed by atoms with E-state index in [0.717, 1.165) is 117 Å². The third kappa shape index (κ3) is 15.9. The number of hydrogen-bond donors (Lipinski definition) is 5. The molecule has 0 atom stereocenters. The second kappa shape index (κ2) is 29.7. The molecule has 3 aliphatic heterocycles. The Hall–Kier alpha value is -8.01. The van der Waals surface area contributed by atoms with Gasteiger partial charge in [0.2, 0.25) is 0 Å². The minimum absolute atomic E-state index is 0.00286. The first-order valence-electron chi connectivity index (χ1n) is 31.2. The Morgan fingerprint density at radius 2 is 0.922 bits per heavy atom. The van der Waals surface area contributed by atoms with Crippen molar-refractivity contribution in [2.75, 3.05) is 92.2 Å². The number of nitrogens with one attached hydrogen (secondary N) is 3. The lowest BCUT2D eigenvalue weighted by Gasteiger charge is -2.31. The van der Waals surface area contributed by atoms with E-state index in [1.165, 1.54) is 95.5 Å². The molecule has 9 aromatic rings. The van der Waals surface area contributed by atoms with Crippen LogP contribution in [-0.4, -0.2) is 98.7 Å². The van der Waals surface area contributed by atoms with Crippen molar-refractivity contribution in [1.82, 2.24) is 30.9 Å². The molecule has 0 radical (unpaired) electrons. The molecule has 0 spiro atoms. The number of thiophene rings is 3. The van der Waals surface area contributed by atoms with Gasteiger partial charge in [-0.3, -0.25) is 14.4 Å². The molecule has 3 saturated heterocycles. The second-order valence-corrected chi connectivity index (χ2v) is 26.3. The smallest absolute Gasteiger partial charge is 0.418 e. The number of ether oxygens (including phenoxy) is 1. The van der Waals surface area contributed by atoms with Crippen molar-refractivity contribution in [3.8, 4) is 5.75 Å². The van der Waals surface area contributed by atoms with Crippen molar-refractivity contribution < 1.29 is 32.3 Å². The lowest BCUT2D eigenvalue weighted by atomic mass is 10.0. The number of fused-ring (bicyclic) bond motifs is 3. The predicted octanol–water partition coefficient (Wildman–Crippen LogP) is 14.2. The van der Waals surface area contributed by atoms with Gasteiger partial charge in [-0.25, -0.2) is 15.0 Å². The average Bonchev–Trinajstić information content (AvgIpc) is 1.55. The number of pyridine rings is 3. The highest BCUT2D eigenvalue weighted by Crippen LogP contribution is 2.39. The molecular formula is C69H80F3N11O4S3. The number of carbonyl (C=O) groups is 3. The SMILES string of the molecule is COc1cc(N2CCCCC2)ccc1CCNC(=O)c1sc2nc(C)ccc2c1N.Cc1ccc2c(C)c(C(=O)NCCc3ccc(N4CCCCC4)cc3)sc2n1.Cc1ccc2c(N)c(C(=O)NCCc3ccc(N4CCCCC4)c(C(F)(F)F)c3)sc2n1. The molecule has 0 saturated carbocycles. The van der Waals surface area contributed by atoms with Crippen LogP contribution in [-0.2, 0) is 25.4 Å². The zero-order valence-electron chi connectivity index (χ0n) is 51.9. The molecule has 0 aliphatic carbocycles. The van der Waals surface area contributed by atoms with E-state index in [-0.39, 0.29) is 36.4 Å².